The van der Waals surface area contributed by atoms with E-state index in [1.54, 1.807) is 0 Å². The molecular formula is C16H22OS. The summed E-state index contributed by atoms with van der Waals surface area (Å²) in [5.74, 6) is 0. The zero-order valence-electron chi connectivity index (χ0n) is 11.3. The first-order valence-electron chi connectivity index (χ1n) is 7.02. The quantitative estimate of drug-likeness (QED) is 0.827. The molecule has 18 heavy (non-hydrogen) atoms. The Morgan fingerprint density at radius 2 is 1.83 bits per heavy atom. The molecule has 2 unspecified atom stereocenters. The minimum Gasteiger partial charge on any atom is -0.385 e. The maximum absolute atomic E-state index is 11.1. The average molecular weight is 262 g/mol. The minimum absolute atomic E-state index is 0.572. The molecule has 2 heterocycles. The number of aryl methyl sites for hydroxylation is 2. The molecule has 98 valence electrons. The molecule has 2 saturated heterocycles. The van der Waals surface area contributed by atoms with E-state index in [1.807, 2.05) is 0 Å². The van der Waals surface area contributed by atoms with E-state index in [-0.39, 0.29) is 0 Å². The van der Waals surface area contributed by atoms with Gasteiger partial charge in [0.1, 0.15) is 0 Å². The third kappa shape index (κ3) is 2.21. The zero-order valence-corrected chi connectivity index (χ0v) is 12.1. The summed E-state index contributed by atoms with van der Waals surface area (Å²) in [4.78, 5) is 0. The summed E-state index contributed by atoms with van der Waals surface area (Å²) in [7, 11) is 0. The van der Waals surface area contributed by atoms with Crippen molar-refractivity contribution in [2.24, 2.45) is 0 Å². The molecule has 3 rings (SSSR count). The molecule has 0 amide bonds. The first kappa shape index (κ1) is 12.6. The Hall–Kier alpha value is -0.470. The van der Waals surface area contributed by atoms with Crippen LogP contribution in [0.5, 0.6) is 0 Å². The van der Waals surface area contributed by atoms with Gasteiger partial charge in [0.05, 0.1) is 5.60 Å². The van der Waals surface area contributed by atoms with Crippen LogP contribution in [-0.2, 0) is 5.60 Å². The van der Waals surface area contributed by atoms with E-state index in [0.29, 0.717) is 10.5 Å². The van der Waals surface area contributed by atoms with Gasteiger partial charge in [-0.25, -0.2) is 0 Å². The predicted molar refractivity (Wildman–Crippen MR) is 78.1 cm³/mol. The fourth-order valence-electron chi connectivity index (χ4n) is 3.58. The lowest BCUT2D eigenvalue weighted by Crippen LogP contribution is -2.41. The van der Waals surface area contributed by atoms with Crippen LogP contribution in [0.4, 0.5) is 0 Å². The van der Waals surface area contributed by atoms with Gasteiger partial charge in [-0.3, -0.25) is 0 Å². The molecule has 2 heteroatoms. The number of hydrogen-bond donors (Lipinski definition) is 1. The van der Waals surface area contributed by atoms with Crippen molar-refractivity contribution in [2.75, 3.05) is 0 Å². The van der Waals surface area contributed by atoms with E-state index < -0.39 is 5.60 Å². The molecule has 0 spiro atoms. The second-order valence-electron chi connectivity index (χ2n) is 6.07. The number of rotatable bonds is 1. The Balaban J connectivity index is 1.96. The largest absolute Gasteiger partial charge is 0.385 e. The van der Waals surface area contributed by atoms with Crippen molar-refractivity contribution < 1.29 is 5.11 Å². The topological polar surface area (TPSA) is 20.2 Å². The lowest BCUT2D eigenvalue weighted by Gasteiger charge is -2.44. The molecule has 2 bridgehead atoms. The van der Waals surface area contributed by atoms with Gasteiger partial charge in [-0.15, -0.1) is 0 Å². The number of aliphatic hydroxyl groups is 1. The molecule has 1 nitrogen and oxygen atoms in total. The molecule has 0 aromatic heterocycles. The van der Waals surface area contributed by atoms with Crippen LogP contribution >= 0.6 is 11.8 Å². The first-order chi connectivity index (χ1) is 8.57. The van der Waals surface area contributed by atoms with Crippen molar-refractivity contribution in [1.82, 2.24) is 0 Å². The fraction of sp³-hybridized carbons (Fsp3) is 0.625. The summed E-state index contributed by atoms with van der Waals surface area (Å²) in [5, 5.41) is 12.5. The average Bonchev–Trinajstić information content (AvgIpc) is 2.31. The lowest BCUT2D eigenvalue weighted by atomic mass is 9.78. The monoisotopic (exact) mass is 262 g/mol. The Morgan fingerprint density at radius 1 is 1.17 bits per heavy atom. The maximum atomic E-state index is 11.1. The van der Waals surface area contributed by atoms with Gasteiger partial charge in [-0.2, -0.15) is 11.8 Å². The van der Waals surface area contributed by atoms with Crippen molar-refractivity contribution in [1.29, 1.82) is 0 Å². The fourth-order valence-corrected chi connectivity index (χ4v) is 5.47. The Bertz CT molecular complexity index is 442. The summed E-state index contributed by atoms with van der Waals surface area (Å²) in [6.45, 7) is 4.25. The molecule has 1 aromatic carbocycles. The van der Waals surface area contributed by atoms with Crippen LogP contribution < -0.4 is 0 Å². The number of fused-ring (bicyclic) bond motifs is 2. The normalized spacial score (nSPS) is 35.5. The van der Waals surface area contributed by atoms with Crippen molar-refractivity contribution in [3.63, 3.8) is 0 Å². The summed E-state index contributed by atoms with van der Waals surface area (Å²) in [6, 6.07) is 6.49. The van der Waals surface area contributed by atoms with E-state index in [2.05, 4.69) is 43.8 Å². The van der Waals surface area contributed by atoms with E-state index >= 15 is 0 Å². The molecule has 2 fully saturated rings. The van der Waals surface area contributed by atoms with Crippen LogP contribution in [0, 0.1) is 13.8 Å². The van der Waals surface area contributed by atoms with Gasteiger partial charge < -0.3 is 5.11 Å². The Labute approximate surface area is 114 Å². The van der Waals surface area contributed by atoms with Crippen LogP contribution in [0.3, 0.4) is 0 Å². The van der Waals surface area contributed by atoms with Crippen LogP contribution in [0.15, 0.2) is 18.2 Å². The van der Waals surface area contributed by atoms with Crippen molar-refractivity contribution in [3.8, 4) is 0 Å². The van der Waals surface area contributed by atoms with Crippen LogP contribution in [0.2, 0.25) is 0 Å². The van der Waals surface area contributed by atoms with E-state index in [1.165, 1.54) is 36.0 Å². The van der Waals surface area contributed by atoms with Gasteiger partial charge in [0.15, 0.2) is 0 Å². The zero-order chi connectivity index (χ0) is 12.8. The second kappa shape index (κ2) is 4.57. The molecule has 1 N–H and O–H groups in total. The summed E-state index contributed by atoms with van der Waals surface area (Å²) in [6.07, 6.45) is 5.81. The van der Waals surface area contributed by atoms with Crippen molar-refractivity contribution in [2.45, 2.75) is 62.1 Å². The summed E-state index contributed by atoms with van der Waals surface area (Å²) < 4.78 is 0. The third-order valence-corrected chi connectivity index (χ3v) is 6.04. The SMILES string of the molecule is Cc1ccc(C)c(C2(O)CC3CCCC(C2)S3)c1. The number of benzene rings is 1. The standard InChI is InChI=1S/C16H22OS/c1-11-6-7-12(2)15(8-11)16(17)9-13-4-3-5-14(10-16)18-13/h6-8,13-14,17H,3-5,9-10H2,1-2H3. The Kier molecular flexibility index (Phi) is 3.19. The number of thioether (sulfide) groups is 1. The van der Waals surface area contributed by atoms with Crippen molar-refractivity contribution in [3.05, 3.63) is 34.9 Å². The predicted octanol–water partition coefficient (Wildman–Crippen LogP) is 3.94. The molecule has 0 radical (unpaired) electrons. The van der Waals surface area contributed by atoms with Gasteiger partial charge >= 0.3 is 0 Å². The van der Waals surface area contributed by atoms with E-state index in [4.69, 9.17) is 0 Å². The maximum Gasteiger partial charge on any atom is 0.0920 e. The van der Waals surface area contributed by atoms with Gasteiger partial charge in [0.2, 0.25) is 0 Å². The third-order valence-electron chi connectivity index (χ3n) is 4.46. The highest BCUT2D eigenvalue weighted by Gasteiger charge is 2.43. The molecule has 2 aliphatic rings. The number of hydrogen-bond acceptors (Lipinski definition) is 2. The van der Waals surface area contributed by atoms with Crippen molar-refractivity contribution >= 4 is 11.8 Å². The molecule has 0 saturated carbocycles. The van der Waals surface area contributed by atoms with Crippen LogP contribution in [0.1, 0.15) is 48.8 Å². The highest BCUT2D eigenvalue weighted by molar-refractivity contribution is 8.00. The van der Waals surface area contributed by atoms with Crippen LogP contribution in [-0.4, -0.2) is 15.6 Å². The highest BCUT2D eigenvalue weighted by atomic mass is 32.2. The Morgan fingerprint density at radius 3 is 2.50 bits per heavy atom. The minimum atomic E-state index is -0.572. The van der Waals surface area contributed by atoms with Gasteiger partial charge in [-0.1, -0.05) is 30.2 Å². The van der Waals surface area contributed by atoms with Gasteiger partial charge in [0, 0.05) is 10.5 Å². The first-order valence-corrected chi connectivity index (χ1v) is 7.97. The van der Waals surface area contributed by atoms with E-state index in [0.717, 1.165) is 12.8 Å². The highest BCUT2D eigenvalue weighted by Crippen LogP contribution is 2.50. The molecule has 2 atom stereocenters. The molecule has 0 aliphatic carbocycles. The van der Waals surface area contributed by atoms with Gasteiger partial charge in [-0.05, 0) is 50.7 Å². The lowest BCUT2D eigenvalue weighted by molar-refractivity contribution is 0.00752. The van der Waals surface area contributed by atoms with Gasteiger partial charge in [0.25, 0.3) is 0 Å². The van der Waals surface area contributed by atoms with Crippen LogP contribution in [0.25, 0.3) is 0 Å². The summed E-state index contributed by atoms with van der Waals surface area (Å²) in [5.41, 5.74) is 3.11. The smallest absolute Gasteiger partial charge is 0.0920 e. The molecule has 2 aliphatic heterocycles. The second-order valence-corrected chi connectivity index (χ2v) is 7.67. The summed E-state index contributed by atoms with van der Waals surface area (Å²) >= 11 is 2.12. The van der Waals surface area contributed by atoms with E-state index in [9.17, 15) is 5.11 Å². The molecular weight excluding hydrogens is 240 g/mol. The molecule has 1 aromatic rings.